The van der Waals surface area contributed by atoms with Crippen LogP contribution in [0.4, 0.5) is 10.1 Å². The van der Waals surface area contributed by atoms with E-state index in [0.29, 0.717) is 48.7 Å². The van der Waals surface area contributed by atoms with Crippen LogP contribution in [0, 0.1) is 11.7 Å². The molecule has 2 saturated carbocycles. The third kappa shape index (κ3) is 4.65. The Morgan fingerprint density at radius 3 is 2.56 bits per heavy atom. The molecule has 4 N–H and O–H groups in total. The fourth-order valence-corrected chi connectivity index (χ4v) is 8.02. The fourth-order valence-electron chi connectivity index (χ4n) is 7.66. The Kier molecular flexibility index (Phi) is 7.38. The molecule has 0 aromatic heterocycles. The number of benzene rings is 2. The summed E-state index contributed by atoms with van der Waals surface area (Å²) in [6, 6.07) is 8.79. The summed E-state index contributed by atoms with van der Waals surface area (Å²) in [7, 11) is 0. The number of carbonyl (C=O) groups excluding carboxylic acids is 2. The molecule has 9 heteroatoms. The van der Waals surface area contributed by atoms with Gasteiger partial charge in [0.05, 0.1) is 17.2 Å². The minimum Gasteiger partial charge on any atom is -0.393 e. The van der Waals surface area contributed by atoms with Crippen LogP contribution in [0.2, 0.25) is 10.0 Å². The van der Waals surface area contributed by atoms with Crippen LogP contribution in [-0.4, -0.2) is 41.2 Å². The molecule has 6 nitrogen and oxygen atoms in total. The molecule has 3 fully saturated rings. The van der Waals surface area contributed by atoms with Crippen LogP contribution in [0.1, 0.15) is 74.8 Å². The van der Waals surface area contributed by atoms with Crippen LogP contribution in [-0.2, 0) is 15.0 Å². The topological polar surface area (TPSA) is 90.5 Å². The van der Waals surface area contributed by atoms with Crippen LogP contribution >= 0.6 is 23.2 Å². The normalized spacial score (nSPS) is 32.4. The van der Waals surface area contributed by atoms with Gasteiger partial charge >= 0.3 is 0 Å². The third-order valence-electron chi connectivity index (χ3n) is 9.49. The molecule has 1 saturated heterocycles. The second-order valence-electron chi connectivity index (χ2n) is 11.7. The molecule has 0 unspecified atom stereocenters. The first-order valence-electron chi connectivity index (χ1n) is 14.1. The Bertz CT molecular complexity index is 1280. The van der Waals surface area contributed by atoms with Gasteiger partial charge in [-0.25, -0.2) is 4.39 Å². The number of amides is 2. The first-order valence-corrected chi connectivity index (χ1v) is 14.8. The molecular weight excluding hydrogens is 540 g/mol. The first kappa shape index (κ1) is 27.0. The van der Waals surface area contributed by atoms with Gasteiger partial charge in [0.1, 0.15) is 11.2 Å². The smallest absolute Gasteiger partial charge is 0.238 e. The van der Waals surface area contributed by atoms with Crippen molar-refractivity contribution < 1.29 is 19.1 Å². The molecule has 2 aromatic rings. The molecule has 2 aliphatic heterocycles. The summed E-state index contributed by atoms with van der Waals surface area (Å²) in [6.45, 7) is 0. The highest BCUT2D eigenvalue weighted by atomic mass is 35.5. The molecule has 1 spiro atoms. The maximum Gasteiger partial charge on any atom is 0.238 e. The summed E-state index contributed by atoms with van der Waals surface area (Å²) in [5.41, 5.74) is 0.355. The van der Waals surface area contributed by atoms with E-state index in [2.05, 4.69) is 16.0 Å². The van der Waals surface area contributed by atoms with E-state index in [9.17, 15) is 14.7 Å². The zero-order chi connectivity index (χ0) is 27.3. The number of hydrogen-bond donors (Lipinski definition) is 4. The molecule has 2 heterocycles. The maximum atomic E-state index is 15.9. The minimum absolute atomic E-state index is 0.0444. The number of aliphatic hydroxyl groups excluding tert-OH is 1. The molecule has 0 bridgehead atoms. The van der Waals surface area contributed by atoms with E-state index in [-0.39, 0.29) is 34.5 Å². The van der Waals surface area contributed by atoms with Crippen LogP contribution in [0.5, 0.6) is 0 Å². The van der Waals surface area contributed by atoms with Gasteiger partial charge in [0.15, 0.2) is 0 Å². The van der Waals surface area contributed by atoms with Crippen molar-refractivity contribution in [3.63, 3.8) is 0 Å². The fraction of sp³-hybridized carbons (Fsp3) is 0.533. The van der Waals surface area contributed by atoms with Crippen molar-refractivity contribution in [2.75, 3.05) is 5.32 Å². The van der Waals surface area contributed by atoms with Gasteiger partial charge in [-0.05, 0) is 67.3 Å². The quantitative estimate of drug-likeness (QED) is 0.383. The lowest BCUT2D eigenvalue weighted by atomic mass is 9.63. The van der Waals surface area contributed by atoms with E-state index >= 15 is 4.39 Å². The molecule has 4 aliphatic rings. The van der Waals surface area contributed by atoms with Crippen molar-refractivity contribution in [1.82, 2.24) is 10.6 Å². The lowest BCUT2D eigenvalue weighted by Crippen LogP contribution is -2.49. The van der Waals surface area contributed by atoms with E-state index in [1.165, 1.54) is 6.07 Å². The SMILES string of the molecule is O=C(NC1CCC(O)CC1)[C@@H]1N[C@@H](CC2CCCC2)[C@@]2(C(=O)Nc3cc(Cl)ccc32)[C@H]1c1cccc(Cl)c1F. The molecule has 208 valence electrons. The Labute approximate surface area is 238 Å². The molecule has 2 amide bonds. The average molecular weight is 575 g/mol. The van der Waals surface area contributed by atoms with Crippen molar-refractivity contribution in [2.45, 2.75) is 93.3 Å². The largest absolute Gasteiger partial charge is 0.393 e. The van der Waals surface area contributed by atoms with Gasteiger partial charge in [0.2, 0.25) is 11.8 Å². The summed E-state index contributed by atoms with van der Waals surface area (Å²) in [4.78, 5) is 28.2. The number of anilines is 1. The predicted octanol–water partition coefficient (Wildman–Crippen LogP) is 5.45. The number of rotatable bonds is 5. The molecule has 0 radical (unpaired) electrons. The summed E-state index contributed by atoms with van der Waals surface area (Å²) in [6.07, 6.45) is 7.39. The van der Waals surface area contributed by atoms with Crippen LogP contribution < -0.4 is 16.0 Å². The zero-order valence-corrected chi connectivity index (χ0v) is 23.2. The Morgan fingerprint density at radius 2 is 1.82 bits per heavy atom. The minimum atomic E-state index is -1.22. The Morgan fingerprint density at radius 1 is 1.08 bits per heavy atom. The highest BCUT2D eigenvalue weighted by Crippen LogP contribution is 2.57. The zero-order valence-electron chi connectivity index (χ0n) is 21.7. The van der Waals surface area contributed by atoms with Gasteiger partial charge in [0.25, 0.3) is 0 Å². The van der Waals surface area contributed by atoms with Gasteiger partial charge in [-0.3, -0.25) is 9.59 Å². The highest BCUT2D eigenvalue weighted by molar-refractivity contribution is 6.31. The third-order valence-corrected chi connectivity index (χ3v) is 10.0. The van der Waals surface area contributed by atoms with Crippen molar-refractivity contribution in [1.29, 1.82) is 0 Å². The molecule has 4 atom stereocenters. The van der Waals surface area contributed by atoms with Crippen molar-refractivity contribution in [3.05, 3.63) is 63.4 Å². The lowest BCUT2D eigenvalue weighted by Gasteiger charge is -2.36. The van der Waals surface area contributed by atoms with Gasteiger partial charge in [-0.1, -0.05) is 67.1 Å². The summed E-state index contributed by atoms with van der Waals surface area (Å²) in [5, 5.41) is 20.1. The molecular formula is C30H34Cl2FN3O3. The molecule has 39 heavy (non-hydrogen) atoms. The van der Waals surface area contributed by atoms with E-state index < -0.39 is 29.2 Å². The number of fused-ring (bicyclic) bond motifs is 2. The highest BCUT2D eigenvalue weighted by Gasteiger charge is 2.66. The lowest BCUT2D eigenvalue weighted by molar-refractivity contribution is -0.124. The van der Waals surface area contributed by atoms with Crippen LogP contribution in [0.3, 0.4) is 0 Å². The van der Waals surface area contributed by atoms with Gasteiger partial charge in [-0.2, -0.15) is 0 Å². The second-order valence-corrected chi connectivity index (χ2v) is 12.6. The van der Waals surface area contributed by atoms with Gasteiger partial charge in [0, 0.05) is 28.7 Å². The van der Waals surface area contributed by atoms with E-state index in [0.717, 1.165) is 31.2 Å². The number of carbonyl (C=O) groups is 2. The first-order chi connectivity index (χ1) is 18.8. The monoisotopic (exact) mass is 573 g/mol. The van der Waals surface area contributed by atoms with Crippen molar-refractivity contribution >= 4 is 40.7 Å². The van der Waals surface area contributed by atoms with Gasteiger partial charge in [-0.15, -0.1) is 0 Å². The van der Waals surface area contributed by atoms with E-state index in [1.54, 1.807) is 24.3 Å². The van der Waals surface area contributed by atoms with E-state index in [4.69, 9.17) is 23.2 Å². The van der Waals surface area contributed by atoms with Crippen LogP contribution in [0.15, 0.2) is 36.4 Å². The summed E-state index contributed by atoms with van der Waals surface area (Å²) >= 11 is 12.6. The standard InChI is InChI=1S/C30H34Cl2FN3O3/c31-17-8-13-21-23(15-17)35-29(39)30(21)24(14-16-4-1-2-5-16)36-27(25(30)20-6-3-7-22(32)26(20)33)28(38)34-18-9-11-19(37)12-10-18/h3,6-8,13,15-16,18-19,24-25,27,36-37H,1-2,4-5,9-12,14H2,(H,34,38)(H,35,39)/t18?,19?,24-,25-,27+,30+/m0/s1. The number of nitrogens with one attached hydrogen (secondary N) is 3. The molecule has 2 aromatic carbocycles. The van der Waals surface area contributed by atoms with Crippen molar-refractivity contribution in [3.8, 4) is 0 Å². The molecule has 2 aliphatic carbocycles. The summed E-state index contributed by atoms with van der Waals surface area (Å²) in [5.74, 6) is -1.55. The Balaban J connectivity index is 1.48. The number of halogens is 3. The maximum absolute atomic E-state index is 15.9. The van der Waals surface area contributed by atoms with Gasteiger partial charge < -0.3 is 21.1 Å². The Hall–Kier alpha value is -2.19. The average Bonchev–Trinajstić information content (AvgIpc) is 3.61. The number of hydrogen-bond acceptors (Lipinski definition) is 4. The predicted molar refractivity (Wildman–Crippen MR) is 150 cm³/mol. The van der Waals surface area contributed by atoms with Crippen molar-refractivity contribution in [2.24, 2.45) is 5.92 Å². The summed E-state index contributed by atoms with van der Waals surface area (Å²) < 4.78 is 15.9. The molecule has 6 rings (SSSR count). The van der Waals surface area contributed by atoms with E-state index in [1.807, 2.05) is 6.07 Å². The number of aliphatic hydroxyl groups is 1. The second kappa shape index (κ2) is 10.7. The van der Waals surface area contributed by atoms with Crippen LogP contribution in [0.25, 0.3) is 0 Å².